The maximum atomic E-state index is 13.1. The molecule has 0 spiro atoms. The maximum Gasteiger partial charge on any atom is 0.338 e. The molecule has 0 heterocycles. The number of nitrogens with one attached hydrogen (secondary N) is 1. The molecule has 7 heteroatoms. The highest BCUT2D eigenvalue weighted by molar-refractivity contribution is 5.94. The van der Waals surface area contributed by atoms with E-state index in [1.165, 1.54) is 0 Å². The smallest absolute Gasteiger partial charge is 0.338 e. The van der Waals surface area contributed by atoms with Gasteiger partial charge in [0.2, 0.25) is 0 Å². The summed E-state index contributed by atoms with van der Waals surface area (Å²) >= 11 is 0. The summed E-state index contributed by atoms with van der Waals surface area (Å²) < 4.78 is 5.64. The Morgan fingerprint density at radius 1 is 0.895 bits per heavy atom. The first kappa shape index (κ1) is 31.2. The topological polar surface area (TPSA) is 116 Å². The molecular formula is C31H43NO6. The van der Waals surface area contributed by atoms with E-state index in [2.05, 4.69) is 5.32 Å². The van der Waals surface area contributed by atoms with E-state index in [9.17, 15) is 24.9 Å². The van der Waals surface area contributed by atoms with E-state index >= 15 is 0 Å². The highest BCUT2D eigenvalue weighted by atomic mass is 16.6. The zero-order valence-electron chi connectivity index (χ0n) is 23.5. The quantitative estimate of drug-likeness (QED) is 0.238. The molecule has 0 aromatic heterocycles. The van der Waals surface area contributed by atoms with Crippen LogP contribution in [0.3, 0.4) is 0 Å². The summed E-state index contributed by atoms with van der Waals surface area (Å²) in [5.41, 5.74) is 1.81. The first-order valence-corrected chi connectivity index (χ1v) is 13.2. The van der Waals surface area contributed by atoms with Gasteiger partial charge in [-0.3, -0.25) is 4.79 Å². The van der Waals surface area contributed by atoms with Gasteiger partial charge in [0.15, 0.2) is 6.10 Å². The summed E-state index contributed by atoms with van der Waals surface area (Å²) in [7, 11) is 0. The van der Waals surface area contributed by atoms with Gasteiger partial charge in [-0.25, -0.2) is 4.79 Å². The van der Waals surface area contributed by atoms with Crippen LogP contribution in [0.1, 0.15) is 76.9 Å². The van der Waals surface area contributed by atoms with E-state index in [0.717, 1.165) is 11.1 Å². The Morgan fingerprint density at radius 3 is 1.95 bits per heavy atom. The van der Waals surface area contributed by atoms with Crippen LogP contribution >= 0.6 is 0 Å². The Labute approximate surface area is 226 Å². The first-order valence-electron chi connectivity index (χ1n) is 13.2. The second kappa shape index (κ2) is 13.7. The number of esters is 1. The number of ether oxygens (including phenoxy) is 1. The molecule has 0 fully saturated rings. The van der Waals surface area contributed by atoms with E-state index in [4.69, 9.17) is 4.74 Å². The van der Waals surface area contributed by atoms with Crippen LogP contribution in [0.4, 0.5) is 0 Å². The molecule has 0 aliphatic heterocycles. The Kier molecular flexibility index (Phi) is 11.2. The largest absolute Gasteiger partial charge is 0.456 e. The molecule has 0 aliphatic rings. The van der Waals surface area contributed by atoms with Crippen LogP contribution in [0.15, 0.2) is 71.8 Å². The van der Waals surface area contributed by atoms with Crippen molar-refractivity contribution in [2.75, 3.05) is 0 Å². The molecule has 38 heavy (non-hydrogen) atoms. The molecule has 208 valence electrons. The highest BCUT2D eigenvalue weighted by Crippen LogP contribution is 2.35. The highest BCUT2D eigenvalue weighted by Gasteiger charge is 2.39. The molecule has 0 bridgehead atoms. The lowest BCUT2D eigenvalue weighted by molar-refractivity contribution is -0.158. The van der Waals surface area contributed by atoms with Crippen LogP contribution in [0.25, 0.3) is 0 Å². The minimum absolute atomic E-state index is 0.306. The van der Waals surface area contributed by atoms with Crippen molar-refractivity contribution in [1.29, 1.82) is 0 Å². The molecule has 0 aliphatic carbocycles. The number of carbonyl (C=O) groups is 2. The number of aliphatic hydroxyl groups excluding tert-OH is 3. The van der Waals surface area contributed by atoms with Crippen molar-refractivity contribution in [3.8, 4) is 0 Å². The molecule has 1 amide bonds. The fraction of sp³-hybridized carbons (Fsp3) is 0.484. The summed E-state index contributed by atoms with van der Waals surface area (Å²) in [6.07, 6.45) is -3.31. The minimum atomic E-state index is -1.65. The van der Waals surface area contributed by atoms with E-state index in [1.807, 2.05) is 41.5 Å². The summed E-state index contributed by atoms with van der Waals surface area (Å²) in [5, 5.41) is 35.2. The third kappa shape index (κ3) is 7.53. The van der Waals surface area contributed by atoms with Crippen molar-refractivity contribution in [3.63, 3.8) is 0 Å². The van der Waals surface area contributed by atoms with Crippen LogP contribution in [0.2, 0.25) is 0 Å². The Bertz CT molecular complexity index is 1080. The second-order valence-electron chi connectivity index (χ2n) is 10.6. The van der Waals surface area contributed by atoms with Gasteiger partial charge in [0.05, 0.1) is 18.2 Å². The summed E-state index contributed by atoms with van der Waals surface area (Å²) in [6.45, 7) is 12.8. The third-order valence-corrected chi connectivity index (χ3v) is 7.73. The zero-order chi connectivity index (χ0) is 28.6. The third-order valence-electron chi connectivity index (χ3n) is 7.73. The SMILES string of the molecule is CC[C@H](O)C(C)(C)[C@@H](O)[C@@H](C)/C(C)=C(\C)C(C)OC(=O)[C@H](O)[C@@H](NC(=O)c1ccccc1)c1ccccc1. The van der Waals surface area contributed by atoms with Crippen molar-refractivity contribution in [3.05, 3.63) is 82.9 Å². The number of aliphatic hydroxyl groups is 3. The second-order valence-corrected chi connectivity index (χ2v) is 10.6. The lowest BCUT2D eigenvalue weighted by atomic mass is 9.72. The standard InChI is InChI=1S/C31H43NO6/c1-8-25(33)31(6,7)28(35)21(4)19(2)20(3)22(5)38-30(37)27(34)26(23-15-11-9-12-16-23)32-29(36)24-17-13-10-14-18-24/h9-18,21-22,25-28,33-35H,8H2,1-7H3,(H,32,36)/b20-19+/t21-,22?,25-,26-,27+,28-/m0/s1. The van der Waals surface area contributed by atoms with Gasteiger partial charge in [-0.2, -0.15) is 0 Å². The van der Waals surface area contributed by atoms with Crippen LogP contribution < -0.4 is 5.32 Å². The molecule has 0 saturated carbocycles. The number of amides is 1. The Balaban J connectivity index is 2.21. The van der Waals surface area contributed by atoms with Gasteiger partial charge in [0, 0.05) is 16.9 Å². The average molecular weight is 526 g/mol. The van der Waals surface area contributed by atoms with Gasteiger partial charge in [-0.1, -0.05) is 81.8 Å². The molecule has 0 saturated heterocycles. The molecule has 2 aromatic rings. The predicted molar refractivity (Wildman–Crippen MR) is 148 cm³/mol. The van der Waals surface area contributed by atoms with Crippen molar-refractivity contribution in [2.24, 2.45) is 11.3 Å². The molecule has 0 radical (unpaired) electrons. The van der Waals surface area contributed by atoms with Crippen LogP contribution in [-0.4, -0.2) is 51.6 Å². The lowest BCUT2D eigenvalue weighted by Crippen LogP contribution is -2.44. The van der Waals surface area contributed by atoms with E-state index in [1.54, 1.807) is 67.6 Å². The van der Waals surface area contributed by atoms with Crippen LogP contribution in [-0.2, 0) is 9.53 Å². The summed E-state index contributed by atoms with van der Waals surface area (Å²) in [6, 6.07) is 16.3. The fourth-order valence-electron chi connectivity index (χ4n) is 4.57. The summed E-state index contributed by atoms with van der Waals surface area (Å²) in [5.74, 6) is -1.60. The van der Waals surface area contributed by atoms with E-state index < -0.39 is 47.7 Å². The molecule has 4 N–H and O–H groups in total. The monoisotopic (exact) mass is 525 g/mol. The number of carbonyl (C=O) groups excluding carboxylic acids is 2. The molecule has 2 aromatic carbocycles. The van der Waals surface area contributed by atoms with E-state index in [-0.39, 0.29) is 5.92 Å². The van der Waals surface area contributed by atoms with Gasteiger partial charge in [0.1, 0.15) is 6.10 Å². The Hall–Kier alpha value is -3.00. The van der Waals surface area contributed by atoms with Gasteiger partial charge >= 0.3 is 5.97 Å². The number of hydrogen-bond acceptors (Lipinski definition) is 6. The zero-order valence-corrected chi connectivity index (χ0v) is 23.5. The lowest BCUT2D eigenvalue weighted by Gasteiger charge is -2.39. The van der Waals surface area contributed by atoms with Crippen LogP contribution in [0.5, 0.6) is 0 Å². The molecule has 1 unspecified atom stereocenters. The van der Waals surface area contributed by atoms with Gasteiger partial charge < -0.3 is 25.4 Å². The predicted octanol–water partition coefficient (Wildman–Crippen LogP) is 4.58. The van der Waals surface area contributed by atoms with Gasteiger partial charge in [-0.05, 0) is 50.5 Å². The first-order chi connectivity index (χ1) is 17.8. The molecule has 7 nitrogen and oxygen atoms in total. The van der Waals surface area contributed by atoms with E-state index in [0.29, 0.717) is 17.5 Å². The van der Waals surface area contributed by atoms with Crippen molar-refractivity contribution >= 4 is 11.9 Å². The average Bonchev–Trinajstić information content (AvgIpc) is 2.93. The normalized spacial score (nSPS) is 17.3. The van der Waals surface area contributed by atoms with Gasteiger partial charge in [0.25, 0.3) is 5.91 Å². The number of benzene rings is 2. The molecular weight excluding hydrogens is 482 g/mol. The van der Waals surface area contributed by atoms with Crippen molar-refractivity contribution < 1.29 is 29.6 Å². The molecule has 2 rings (SSSR count). The van der Waals surface area contributed by atoms with Gasteiger partial charge in [-0.15, -0.1) is 0 Å². The Morgan fingerprint density at radius 2 is 1.42 bits per heavy atom. The van der Waals surface area contributed by atoms with Crippen LogP contribution in [0, 0.1) is 11.3 Å². The summed E-state index contributed by atoms with van der Waals surface area (Å²) in [4.78, 5) is 25.9. The number of rotatable bonds is 12. The van der Waals surface area contributed by atoms with Crippen molar-refractivity contribution in [1.82, 2.24) is 5.32 Å². The maximum absolute atomic E-state index is 13.1. The van der Waals surface area contributed by atoms with Crippen molar-refractivity contribution in [2.45, 2.75) is 85.3 Å². The minimum Gasteiger partial charge on any atom is -0.456 e. The number of hydrogen-bond donors (Lipinski definition) is 4. The molecule has 6 atom stereocenters. The fourth-order valence-corrected chi connectivity index (χ4v) is 4.57.